The zero-order valence-corrected chi connectivity index (χ0v) is 10.2. The Balaban J connectivity index is 2.28. The maximum atomic E-state index is 11.2. The van der Waals surface area contributed by atoms with Crippen molar-refractivity contribution in [1.82, 2.24) is 4.98 Å². The van der Waals surface area contributed by atoms with Crippen molar-refractivity contribution in [1.29, 1.82) is 0 Å². The van der Waals surface area contributed by atoms with Gasteiger partial charge in [-0.25, -0.2) is 9.78 Å². The molecule has 5 nitrogen and oxygen atoms in total. The highest BCUT2D eigenvalue weighted by Crippen LogP contribution is 2.19. The highest BCUT2D eigenvalue weighted by atomic mass is 16.4. The van der Waals surface area contributed by atoms with Gasteiger partial charge in [-0.2, -0.15) is 0 Å². The van der Waals surface area contributed by atoms with E-state index in [0.29, 0.717) is 17.9 Å². The molecule has 0 fully saturated rings. The minimum absolute atomic E-state index is 0.201. The van der Waals surface area contributed by atoms with E-state index >= 15 is 0 Å². The lowest BCUT2D eigenvalue weighted by atomic mass is 10.1. The summed E-state index contributed by atoms with van der Waals surface area (Å²) in [6.45, 7) is 4.00. The normalized spacial score (nSPS) is 10.3. The molecule has 0 amide bonds. The van der Waals surface area contributed by atoms with Crippen LogP contribution in [0, 0.1) is 13.8 Å². The lowest BCUT2D eigenvalue weighted by Crippen LogP contribution is -2.10. The highest BCUT2D eigenvalue weighted by Gasteiger charge is 2.15. The van der Waals surface area contributed by atoms with Gasteiger partial charge in [-0.3, -0.25) is 0 Å². The Labute approximate surface area is 104 Å². The summed E-state index contributed by atoms with van der Waals surface area (Å²) in [7, 11) is 0. The molecule has 2 aromatic rings. The average Bonchev–Trinajstić information content (AvgIpc) is 2.77. The molecule has 0 aliphatic heterocycles. The van der Waals surface area contributed by atoms with Crippen LogP contribution in [0.4, 0.5) is 5.82 Å². The van der Waals surface area contributed by atoms with Crippen LogP contribution in [0.15, 0.2) is 28.9 Å². The second-order valence-corrected chi connectivity index (χ2v) is 4.04. The summed E-state index contributed by atoms with van der Waals surface area (Å²) in [5.74, 6) is 0.116. The highest BCUT2D eigenvalue weighted by molar-refractivity contribution is 5.94. The first kappa shape index (κ1) is 12.2. The minimum atomic E-state index is -0.984. The smallest absolute Gasteiger partial charge is 0.339 e. The number of anilines is 1. The van der Waals surface area contributed by atoms with Gasteiger partial charge in [-0.1, -0.05) is 0 Å². The summed E-state index contributed by atoms with van der Waals surface area (Å²) in [6.07, 6.45) is 1.57. The SMILES string of the molecule is Cc1cc(C)c(C(=O)O)c(NCc2ccco2)n1. The topological polar surface area (TPSA) is 75.4 Å². The number of pyridine rings is 1. The first-order valence-corrected chi connectivity index (χ1v) is 5.55. The fourth-order valence-electron chi connectivity index (χ4n) is 1.82. The molecule has 18 heavy (non-hydrogen) atoms. The van der Waals surface area contributed by atoms with E-state index in [1.165, 1.54) is 0 Å². The lowest BCUT2D eigenvalue weighted by molar-refractivity contribution is 0.0696. The van der Waals surface area contributed by atoms with E-state index in [1.807, 2.05) is 13.0 Å². The average molecular weight is 246 g/mol. The van der Waals surface area contributed by atoms with Gasteiger partial charge in [0.25, 0.3) is 0 Å². The van der Waals surface area contributed by atoms with Crippen molar-refractivity contribution >= 4 is 11.8 Å². The Bertz CT molecular complexity index is 562. The molecule has 0 atom stereocenters. The van der Waals surface area contributed by atoms with Gasteiger partial charge < -0.3 is 14.8 Å². The van der Waals surface area contributed by atoms with Gasteiger partial charge in [-0.15, -0.1) is 0 Å². The molecule has 2 heterocycles. The second-order valence-electron chi connectivity index (χ2n) is 4.04. The Morgan fingerprint density at radius 3 is 2.89 bits per heavy atom. The number of nitrogens with zero attached hydrogens (tertiary/aromatic N) is 1. The fraction of sp³-hybridized carbons (Fsp3) is 0.231. The largest absolute Gasteiger partial charge is 0.478 e. The second kappa shape index (κ2) is 4.91. The van der Waals surface area contributed by atoms with Crippen molar-refractivity contribution in [2.45, 2.75) is 20.4 Å². The molecule has 2 aromatic heterocycles. The van der Waals surface area contributed by atoms with E-state index in [1.54, 1.807) is 25.3 Å². The third-order valence-corrected chi connectivity index (χ3v) is 2.57. The summed E-state index contributed by atoms with van der Waals surface area (Å²) in [5, 5.41) is 12.2. The van der Waals surface area contributed by atoms with Crippen molar-refractivity contribution in [3.8, 4) is 0 Å². The van der Waals surface area contributed by atoms with Crippen molar-refractivity contribution in [3.63, 3.8) is 0 Å². The molecule has 2 rings (SSSR count). The molecule has 0 aliphatic rings. The maximum Gasteiger partial charge on any atom is 0.339 e. The van der Waals surface area contributed by atoms with Crippen LogP contribution < -0.4 is 5.32 Å². The van der Waals surface area contributed by atoms with E-state index in [-0.39, 0.29) is 5.56 Å². The predicted octanol–water partition coefficient (Wildman–Crippen LogP) is 2.60. The number of hydrogen-bond donors (Lipinski definition) is 2. The van der Waals surface area contributed by atoms with Gasteiger partial charge in [0.15, 0.2) is 0 Å². The van der Waals surface area contributed by atoms with Crippen LogP contribution in [-0.4, -0.2) is 16.1 Å². The molecule has 0 saturated heterocycles. The Hall–Kier alpha value is -2.30. The number of aromatic carboxylic acids is 1. The molecule has 0 bridgehead atoms. The third kappa shape index (κ3) is 2.51. The zero-order chi connectivity index (χ0) is 13.1. The van der Waals surface area contributed by atoms with Crippen molar-refractivity contribution in [2.24, 2.45) is 0 Å². The number of nitrogens with one attached hydrogen (secondary N) is 1. The first-order chi connectivity index (χ1) is 8.58. The number of hydrogen-bond acceptors (Lipinski definition) is 4. The number of carboxylic acids is 1. The van der Waals surface area contributed by atoms with Crippen molar-refractivity contribution in [2.75, 3.05) is 5.32 Å². The number of aryl methyl sites for hydroxylation is 2. The minimum Gasteiger partial charge on any atom is -0.478 e. The molecule has 2 N–H and O–H groups in total. The number of carboxylic acid groups (broad SMARTS) is 1. The lowest BCUT2D eigenvalue weighted by Gasteiger charge is -2.10. The van der Waals surface area contributed by atoms with Gasteiger partial charge >= 0.3 is 5.97 Å². The molecule has 0 radical (unpaired) electrons. The maximum absolute atomic E-state index is 11.2. The number of carbonyl (C=O) groups is 1. The molecular weight excluding hydrogens is 232 g/mol. The Kier molecular flexibility index (Phi) is 3.32. The third-order valence-electron chi connectivity index (χ3n) is 2.57. The molecule has 94 valence electrons. The van der Waals surface area contributed by atoms with Crippen LogP contribution >= 0.6 is 0 Å². The molecule has 0 spiro atoms. The Morgan fingerprint density at radius 1 is 1.50 bits per heavy atom. The van der Waals surface area contributed by atoms with E-state index in [0.717, 1.165) is 11.5 Å². The van der Waals surface area contributed by atoms with Gasteiger partial charge in [-0.05, 0) is 37.6 Å². The standard InChI is InChI=1S/C13H14N2O3/c1-8-6-9(2)15-12(11(8)13(16)17)14-7-10-4-3-5-18-10/h3-6H,7H2,1-2H3,(H,14,15)(H,16,17). The summed E-state index contributed by atoms with van der Waals surface area (Å²) in [5.41, 5.74) is 1.67. The van der Waals surface area contributed by atoms with E-state index in [2.05, 4.69) is 10.3 Å². The van der Waals surface area contributed by atoms with Crippen LogP contribution in [0.25, 0.3) is 0 Å². The van der Waals surface area contributed by atoms with Crippen LogP contribution in [0.3, 0.4) is 0 Å². The van der Waals surface area contributed by atoms with Crippen molar-refractivity contribution < 1.29 is 14.3 Å². The van der Waals surface area contributed by atoms with E-state index in [4.69, 9.17) is 4.42 Å². The molecule has 0 unspecified atom stereocenters. The van der Waals surface area contributed by atoms with Crippen LogP contribution in [0.1, 0.15) is 27.4 Å². The van der Waals surface area contributed by atoms with Gasteiger partial charge in [0.2, 0.25) is 0 Å². The number of furan rings is 1. The van der Waals surface area contributed by atoms with Crippen molar-refractivity contribution in [3.05, 3.63) is 47.0 Å². The Morgan fingerprint density at radius 2 is 2.28 bits per heavy atom. The van der Waals surface area contributed by atoms with Gasteiger partial charge in [0, 0.05) is 5.69 Å². The zero-order valence-electron chi connectivity index (χ0n) is 10.2. The van der Waals surface area contributed by atoms with Crippen LogP contribution in [-0.2, 0) is 6.54 Å². The van der Waals surface area contributed by atoms with Crippen LogP contribution in [0.2, 0.25) is 0 Å². The molecule has 0 aromatic carbocycles. The first-order valence-electron chi connectivity index (χ1n) is 5.55. The quantitative estimate of drug-likeness (QED) is 0.867. The summed E-state index contributed by atoms with van der Waals surface area (Å²) in [6, 6.07) is 5.35. The summed E-state index contributed by atoms with van der Waals surface area (Å²) < 4.78 is 5.18. The fourth-order valence-corrected chi connectivity index (χ4v) is 1.82. The number of aromatic nitrogens is 1. The van der Waals surface area contributed by atoms with E-state index in [9.17, 15) is 9.90 Å². The number of rotatable bonds is 4. The molecule has 0 saturated carbocycles. The van der Waals surface area contributed by atoms with Gasteiger partial charge in [0.05, 0.1) is 12.8 Å². The predicted molar refractivity (Wildman–Crippen MR) is 66.7 cm³/mol. The summed E-state index contributed by atoms with van der Waals surface area (Å²) >= 11 is 0. The molecular formula is C13H14N2O3. The van der Waals surface area contributed by atoms with E-state index < -0.39 is 5.97 Å². The summed E-state index contributed by atoms with van der Waals surface area (Å²) in [4.78, 5) is 15.4. The van der Waals surface area contributed by atoms with Gasteiger partial charge in [0.1, 0.15) is 17.1 Å². The molecule has 5 heteroatoms. The molecule has 0 aliphatic carbocycles. The van der Waals surface area contributed by atoms with Crippen LogP contribution in [0.5, 0.6) is 0 Å². The monoisotopic (exact) mass is 246 g/mol.